The molecule has 0 atom stereocenters. The van der Waals surface area contributed by atoms with Crippen LogP contribution >= 0.6 is 11.8 Å². The molecule has 0 fully saturated rings. The summed E-state index contributed by atoms with van der Waals surface area (Å²) in [7, 11) is 0. The number of fused-ring (bicyclic) bond motifs is 1. The van der Waals surface area contributed by atoms with E-state index in [1.807, 2.05) is 38.1 Å². The van der Waals surface area contributed by atoms with Gasteiger partial charge in [-0.2, -0.15) is 0 Å². The van der Waals surface area contributed by atoms with Crippen molar-refractivity contribution in [3.05, 3.63) is 42.2 Å². The number of hydrogen-bond acceptors (Lipinski definition) is 5. The zero-order valence-electron chi connectivity index (χ0n) is 11.2. The largest absolute Gasteiger partial charge is 0.475 e. The molecule has 1 aromatic carbocycles. The van der Waals surface area contributed by atoms with Crippen LogP contribution in [0, 0.1) is 0 Å². The Morgan fingerprint density at radius 3 is 2.25 bits per heavy atom. The van der Waals surface area contributed by atoms with Crippen molar-refractivity contribution in [1.29, 1.82) is 0 Å². The highest BCUT2D eigenvalue weighted by atomic mass is 32.2. The van der Waals surface area contributed by atoms with Gasteiger partial charge in [0.25, 0.3) is 0 Å². The minimum atomic E-state index is -1.06. The summed E-state index contributed by atoms with van der Waals surface area (Å²) in [5.41, 5.74) is 2.00. The highest BCUT2D eigenvalue weighted by Crippen LogP contribution is 2.35. The van der Waals surface area contributed by atoms with Gasteiger partial charge in [0.15, 0.2) is 10.6 Å². The lowest BCUT2D eigenvalue weighted by atomic mass is 10.3. The predicted molar refractivity (Wildman–Crippen MR) is 80.3 cm³/mol. The number of hydrogen-bond donors (Lipinski definition) is 3. The highest BCUT2D eigenvalue weighted by molar-refractivity contribution is 8.00. The predicted octanol–water partition coefficient (Wildman–Crippen LogP) is 3.92. The van der Waals surface area contributed by atoms with E-state index >= 15 is 0 Å². The van der Waals surface area contributed by atoms with Crippen LogP contribution in [0.1, 0.15) is 24.4 Å². The van der Waals surface area contributed by atoms with Crippen LogP contribution in [0.3, 0.4) is 0 Å². The summed E-state index contributed by atoms with van der Waals surface area (Å²) in [6, 6.07) is 11.0. The number of rotatable bonds is 3. The SMILES string of the molecule is CC.O=C(O)c1ccc(SC2Nc3ccccc3N2)o1. The first-order valence-corrected chi connectivity index (χ1v) is 7.22. The number of carboxylic acids is 1. The molecule has 2 aromatic rings. The minimum Gasteiger partial charge on any atom is -0.475 e. The van der Waals surface area contributed by atoms with Crippen LogP contribution in [0.2, 0.25) is 0 Å². The Morgan fingerprint density at radius 1 is 1.15 bits per heavy atom. The quantitative estimate of drug-likeness (QED) is 0.796. The fraction of sp³-hybridized carbons (Fsp3) is 0.214. The van der Waals surface area contributed by atoms with Crippen molar-refractivity contribution in [1.82, 2.24) is 0 Å². The number of para-hydroxylation sites is 2. The van der Waals surface area contributed by atoms with Crippen LogP contribution in [0.5, 0.6) is 0 Å². The highest BCUT2D eigenvalue weighted by Gasteiger charge is 2.21. The summed E-state index contributed by atoms with van der Waals surface area (Å²) in [4.78, 5) is 10.7. The summed E-state index contributed by atoms with van der Waals surface area (Å²) < 4.78 is 5.19. The van der Waals surface area contributed by atoms with Gasteiger partial charge in [-0.05, 0) is 36.0 Å². The van der Waals surface area contributed by atoms with Crippen LogP contribution in [0.15, 0.2) is 45.9 Å². The summed E-state index contributed by atoms with van der Waals surface area (Å²) in [5.74, 6) is -1.11. The van der Waals surface area contributed by atoms with Crippen molar-refractivity contribution >= 4 is 29.1 Å². The molecular weight excluding hydrogens is 276 g/mol. The Labute approximate surface area is 121 Å². The van der Waals surface area contributed by atoms with Crippen molar-refractivity contribution in [2.24, 2.45) is 0 Å². The van der Waals surface area contributed by atoms with Crippen molar-refractivity contribution in [2.75, 3.05) is 10.6 Å². The minimum absolute atomic E-state index is 0.0481. The number of aromatic carboxylic acids is 1. The van der Waals surface area contributed by atoms with Crippen LogP contribution in [-0.2, 0) is 0 Å². The van der Waals surface area contributed by atoms with Gasteiger partial charge in [0, 0.05) is 0 Å². The number of furan rings is 1. The third kappa shape index (κ3) is 3.08. The normalized spacial score (nSPS) is 12.7. The molecule has 106 valence electrons. The molecule has 1 aliphatic heterocycles. The number of carbonyl (C=O) groups is 1. The van der Waals surface area contributed by atoms with Crippen molar-refractivity contribution in [2.45, 2.75) is 24.4 Å². The second-order valence-electron chi connectivity index (χ2n) is 3.76. The third-order valence-corrected chi connectivity index (χ3v) is 3.45. The van der Waals surface area contributed by atoms with Gasteiger partial charge < -0.3 is 20.2 Å². The van der Waals surface area contributed by atoms with Crippen LogP contribution in [0.25, 0.3) is 0 Å². The maximum Gasteiger partial charge on any atom is 0.371 e. The van der Waals surface area contributed by atoms with Crippen LogP contribution in [-0.4, -0.2) is 16.6 Å². The van der Waals surface area contributed by atoms with Gasteiger partial charge in [-0.15, -0.1) is 0 Å². The first-order valence-electron chi connectivity index (χ1n) is 6.34. The average molecular weight is 292 g/mol. The maximum absolute atomic E-state index is 10.7. The van der Waals surface area contributed by atoms with Gasteiger partial charge in [-0.25, -0.2) is 4.79 Å². The molecule has 1 aromatic heterocycles. The standard InChI is InChI=1S/C12H10N2O3S.C2H6/c15-11(16)9-5-6-10(17-9)18-12-13-7-3-1-2-4-8(7)14-12;1-2/h1-6,12-14H,(H,15,16);1-2H3. The Hall–Kier alpha value is -2.08. The molecule has 0 aliphatic carbocycles. The average Bonchev–Trinajstić information content (AvgIpc) is 3.07. The van der Waals surface area contributed by atoms with Gasteiger partial charge in [-0.1, -0.05) is 26.0 Å². The summed E-state index contributed by atoms with van der Waals surface area (Å²) >= 11 is 1.39. The van der Waals surface area contributed by atoms with E-state index in [1.165, 1.54) is 17.8 Å². The second kappa shape index (κ2) is 6.38. The fourth-order valence-electron chi connectivity index (χ4n) is 1.73. The number of benzene rings is 1. The topological polar surface area (TPSA) is 74.5 Å². The van der Waals surface area contributed by atoms with E-state index in [9.17, 15) is 4.79 Å². The van der Waals surface area contributed by atoms with Crippen LogP contribution in [0.4, 0.5) is 11.4 Å². The van der Waals surface area contributed by atoms with Gasteiger partial charge >= 0.3 is 5.97 Å². The lowest BCUT2D eigenvalue weighted by molar-refractivity contribution is 0.0656. The number of carboxylic acid groups (broad SMARTS) is 1. The van der Waals surface area contributed by atoms with E-state index in [0.29, 0.717) is 5.09 Å². The molecular formula is C14H16N2O3S. The molecule has 6 heteroatoms. The molecule has 0 amide bonds. The fourth-order valence-corrected chi connectivity index (χ4v) is 2.62. The molecule has 0 radical (unpaired) electrons. The molecule has 2 heterocycles. The Balaban J connectivity index is 0.000000704. The molecule has 0 spiro atoms. The number of anilines is 2. The van der Waals surface area contributed by atoms with E-state index in [1.54, 1.807) is 6.07 Å². The van der Waals surface area contributed by atoms with E-state index in [0.717, 1.165) is 11.4 Å². The number of thioether (sulfide) groups is 1. The van der Waals surface area contributed by atoms with E-state index < -0.39 is 5.97 Å². The van der Waals surface area contributed by atoms with Gasteiger partial charge in [0.1, 0.15) is 0 Å². The molecule has 0 unspecified atom stereocenters. The molecule has 1 aliphatic rings. The second-order valence-corrected chi connectivity index (χ2v) is 4.87. The monoisotopic (exact) mass is 292 g/mol. The van der Waals surface area contributed by atoms with E-state index in [-0.39, 0.29) is 11.3 Å². The Morgan fingerprint density at radius 2 is 1.75 bits per heavy atom. The molecule has 3 rings (SSSR count). The molecule has 0 saturated carbocycles. The zero-order chi connectivity index (χ0) is 14.5. The third-order valence-electron chi connectivity index (χ3n) is 2.53. The maximum atomic E-state index is 10.7. The summed E-state index contributed by atoms with van der Waals surface area (Å²) in [6.07, 6.45) is 0. The molecule has 20 heavy (non-hydrogen) atoms. The zero-order valence-corrected chi connectivity index (χ0v) is 12.0. The number of nitrogens with one attached hydrogen (secondary N) is 2. The lowest BCUT2D eigenvalue weighted by Gasteiger charge is -2.09. The smallest absolute Gasteiger partial charge is 0.371 e. The molecule has 0 bridgehead atoms. The van der Waals surface area contributed by atoms with Crippen molar-refractivity contribution in [3.8, 4) is 0 Å². The summed E-state index contributed by atoms with van der Waals surface area (Å²) in [5, 5.41) is 15.9. The Bertz CT molecular complexity index is 573. The van der Waals surface area contributed by atoms with Gasteiger partial charge in [-0.3, -0.25) is 0 Å². The lowest BCUT2D eigenvalue weighted by Crippen LogP contribution is -2.16. The van der Waals surface area contributed by atoms with E-state index in [4.69, 9.17) is 9.52 Å². The molecule has 3 N–H and O–H groups in total. The molecule has 5 nitrogen and oxygen atoms in total. The van der Waals surface area contributed by atoms with Crippen molar-refractivity contribution in [3.63, 3.8) is 0 Å². The molecule has 0 saturated heterocycles. The van der Waals surface area contributed by atoms with Gasteiger partial charge in [0.2, 0.25) is 5.76 Å². The first-order chi connectivity index (χ1) is 9.72. The van der Waals surface area contributed by atoms with Crippen molar-refractivity contribution < 1.29 is 14.3 Å². The first kappa shape index (κ1) is 14.3. The van der Waals surface area contributed by atoms with Gasteiger partial charge in [0.05, 0.1) is 11.4 Å². The van der Waals surface area contributed by atoms with Crippen LogP contribution < -0.4 is 10.6 Å². The Kier molecular flexibility index (Phi) is 4.57. The van der Waals surface area contributed by atoms with E-state index in [2.05, 4.69) is 10.6 Å². The summed E-state index contributed by atoms with van der Waals surface area (Å²) in [6.45, 7) is 4.00.